The van der Waals surface area contributed by atoms with Crippen molar-refractivity contribution in [2.24, 2.45) is 5.92 Å². The molecule has 2 rings (SSSR count). The number of amides is 2. The molecule has 0 saturated heterocycles. The number of carboxylic acids is 1. The van der Waals surface area contributed by atoms with Crippen molar-refractivity contribution in [2.45, 2.75) is 57.7 Å². The minimum atomic E-state index is -1.23. The maximum Gasteiger partial charge on any atom is 0.408 e. The molecule has 0 saturated carbocycles. The number of alkyl carbamates (subject to hydrolysis) is 1. The molecule has 3 N–H and O–H groups in total. The van der Waals surface area contributed by atoms with Crippen molar-refractivity contribution >= 4 is 24.3 Å². The van der Waals surface area contributed by atoms with E-state index in [1.54, 1.807) is 51.3 Å². The summed E-state index contributed by atoms with van der Waals surface area (Å²) in [4.78, 5) is 48.9. The SMILES string of the molecule is CC(C)(C)OC(=O)N[C@@H](CC(Cc1ccccc1)C(=O)O)C(=O)N[C@H]([C]=O)Cc1ccccc1. The lowest BCUT2D eigenvalue weighted by Crippen LogP contribution is -2.52. The van der Waals surface area contributed by atoms with Crippen molar-refractivity contribution < 1.29 is 29.0 Å². The number of aliphatic carboxylic acids is 1. The minimum absolute atomic E-state index is 0.170. The van der Waals surface area contributed by atoms with Crippen LogP contribution in [-0.2, 0) is 32.0 Å². The highest BCUT2D eigenvalue weighted by atomic mass is 16.6. The van der Waals surface area contributed by atoms with Gasteiger partial charge in [-0.2, -0.15) is 0 Å². The summed E-state index contributed by atoms with van der Waals surface area (Å²) in [5, 5.41) is 14.8. The van der Waals surface area contributed by atoms with E-state index in [4.69, 9.17) is 4.74 Å². The summed E-state index contributed by atoms with van der Waals surface area (Å²) in [6.45, 7) is 5.02. The second-order valence-corrected chi connectivity index (χ2v) is 9.03. The van der Waals surface area contributed by atoms with Crippen LogP contribution in [0.2, 0.25) is 0 Å². The molecule has 1 radical (unpaired) electrons. The van der Waals surface area contributed by atoms with Gasteiger partial charge in [-0.15, -0.1) is 0 Å². The summed E-state index contributed by atoms with van der Waals surface area (Å²) in [7, 11) is 0. The fourth-order valence-electron chi connectivity index (χ4n) is 3.38. The number of carbonyl (C=O) groups excluding carboxylic acids is 3. The number of hydrogen-bond acceptors (Lipinski definition) is 5. The van der Waals surface area contributed by atoms with Gasteiger partial charge in [-0.05, 0) is 44.7 Å². The number of benzene rings is 2. The number of hydrogen-bond donors (Lipinski definition) is 3. The Morgan fingerprint density at radius 3 is 1.91 bits per heavy atom. The van der Waals surface area contributed by atoms with Gasteiger partial charge in [0.05, 0.1) is 12.0 Å². The highest BCUT2D eigenvalue weighted by Gasteiger charge is 2.31. The van der Waals surface area contributed by atoms with Gasteiger partial charge in [-0.3, -0.25) is 14.4 Å². The van der Waals surface area contributed by atoms with E-state index in [2.05, 4.69) is 10.6 Å². The summed E-state index contributed by atoms with van der Waals surface area (Å²) in [6, 6.07) is 15.9. The molecule has 0 aliphatic carbocycles. The zero-order valence-corrected chi connectivity index (χ0v) is 19.6. The molecule has 3 atom stereocenters. The first-order valence-corrected chi connectivity index (χ1v) is 11.1. The van der Waals surface area contributed by atoms with Crippen LogP contribution in [0.3, 0.4) is 0 Å². The molecule has 1 unspecified atom stereocenters. The molecular weight excluding hydrogens is 436 g/mol. The van der Waals surface area contributed by atoms with Crippen molar-refractivity contribution in [2.75, 3.05) is 0 Å². The number of carbonyl (C=O) groups is 3. The molecule has 0 aliphatic heterocycles. The highest BCUT2D eigenvalue weighted by molar-refractivity contribution is 5.88. The Labute approximate surface area is 199 Å². The van der Waals surface area contributed by atoms with Crippen LogP contribution >= 0.6 is 0 Å². The molecule has 34 heavy (non-hydrogen) atoms. The Morgan fingerprint density at radius 2 is 1.44 bits per heavy atom. The Morgan fingerprint density at radius 1 is 0.912 bits per heavy atom. The maximum absolute atomic E-state index is 13.1. The van der Waals surface area contributed by atoms with E-state index in [9.17, 15) is 24.3 Å². The largest absolute Gasteiger partial charge is 0.481 e. The van der Waals surface area contributed by atoms with Gasteiger partial charge in [0.15, 0.2) is 0 Å². The van der Waals surface area contributed by atoms with E-state index in [1.165, 1.54) is 0 Å². The lowest BCUT2D eigenvalue weighted by Gasteiger charge is -2.26. The summed E-state index contributed by atoms with van der Waals surface area (Å²) >= 11 is 0. The maximum atomic E-state index is 13.1. The normalized spacial score (nSPS) is 13.7. The molecule has 8 nitrogen and oxygen atoms in total. The molecule has 0 heterocycles. The lowest BCUT2D eigenvalue weighted by atomic mass is 9.92. The van der Waals surface area contributed by atoms with Crippen molar-refractivity contribution in [1.82, 2.24) is 10.6 Å². The predicted molar refractivity (Wildman–Crippen MR) is 127 cm³/mol. The summed E-state index contributed by atoms with van der Waals surface area (Å²) in [6.07, 6.45) is 1.14. The minimum Gasteiger partial charge on any atom is -0.481 e. The van der Waals surface area contributed by atoms with Crippen LogP contribution in [0.4, 0.5) is 4.79 Å². The quantitative estimate of drug-likeness (QED) is 0.467. The fraction of sp³-hybridized carbons (Fsp3) is 0.385. The van der Waals surface area contributed by atoms with Gasteiger partial charge in [0.1, 0.15) is 11.6 Å². The van der Waals surface area contributed by atoms with E-state index in [-0.39, 0.29) is 19.3 Å². The van der Waals surface area contributed by atoms with Gasteiger partial charge < -0.3 is 20.5 Å². The van der Waals surface area contributed by atoms with Gasteiger partial charge in [-0.25, -0.2) is 4.79 Å². The lowest BCUT2D eigenvalue weighted by molar-refractivity contribution is -0.142. The number of nitrogens with one attached hydrogen (secondary N) is 2. The van der Waals surface area contributed by atoms with Crippen LogP contribution in [0.1, 0.15) is 38.3 Å². The third kappa shape index (κ3) is 9.44. The van der Waals surface area contributed by atoms with Crippen LogP contribution in [0.5, 0.6) is 0 Å². The van der Waals surface area contributed by atoms with Crippen LogP contribution < -0.4 is 10.6 Å². The van der Waals surface area contributed by atoms with Crippen molar-refractivity contribution in [1.29, 1.82) is 0 Å². The smallest absolute Gasteiger partial charge is 0.408 e. The molecule has 8 heteroatoms. The molecule has 0 spiro atoms. The van der Waals surface area contributed by atoms with Crippen LogP contribution in [0.15, 0.2) is 60.7 Å². The topological polar surface area (TPSA) is 122 Å². The van der Waals surface area contributed by atoms with Crippen molar-refractivity contribution in [3.8, 4) is 0 Å². The average molecular weight is 468 g/mol. The molecule has 0 fully saturated rings. The van der Waals surface area contributed by atoms with E-state index >= 15 is 0 Å². The molecule has 2 amide bonds. The van der Waals surface area contributed by atoms with E-state index < -0.39 is 41.6 Å². The van der Waals surface area contributed by atoms with E-state index in [1.807, 2.05) is 36.4 Å². The number of carboxylic acid groups (broad SMARTS) is 1. The fourth-order valence-corrected chi connectivity index (χ4v) is 3.38. The van der Waals surface area contributed by atoms with E-state index in [0.717, 1.165) is 11.1 Å². The second-order valence-electron chi connectivity index (χ2n) is 9.03. The molecule has 2 aromatic carbocycles. The first-order valence-electron chi connectivity index (χ1n) is 11.1. The van der Waals surface area contributed by atoms with Crippen LogP contribution in [0, 0.1) is 5.92 Å². The molecular formula is C26H31N2O6. The number of rotatable bonds is 11. The zero-order chi connectivity index (χ0) is 25.1. The Bertz CT molecular complexity index is 956. The standard InChI is InChI=1S/C26H31N2O6/c1-26(2,3)34-25(33)28-22(16-20(24(31)32)14-18-10-6-4-7-11-18)23(30)27-21(17-29)15-19-12-8-5-9-13-19/h4-13,20-22H,14-16H2,1-3H3,(H,27,30)(H,28,33)(H,31,32)/t20?,21-,22-/m0/s1. The van der Waals surface area contributed by atoms with Crippen LogP contribution in [-0.4, -0.2) is 47.0 Å². The third-order valence-corrected chi connectivity index (χ3v) is 4.94. The van der Waals surface area contributed by atoms with Gasteiger partial charge in [0.2, 0.25) is 12.2 Å². The highest BCUT2D eigenvalue weighted by Crippen LogP contribution is 2.17. The molecule has 0 aromatic heterocycles. The zero-order valence-electron chi connectivity index (χ0n) is 19.6. The first kappa shape index (κ1) is 26.6. The van der Waals surface area contributed by atoms with Gasteiger partial charge in [-0.1, -0.05) is 60.7 Å². The van der Waals surface area contributed by atoms with Gasteiger partial charge in [0.25, 0.3) is 0 Å². The molecule has 181 valence electrons. The molecule has 2 aromatic rings. The third-order valence-electron chi connectivity index (χ3n) is 4.94. The Balaban J connectivity index is 2.18. The summed E-state index contributed by atoms with van der Waals surface area (Å²) in [5.41, 5.74) is 0.795. The number of ether oxygens (including phenoxy) is 1. The van der Waals surface area contributed by atoms with Crippen molar-refractivity contribution in [3.63, 3.8) is 0 Å². The summed E-state index contributed by atoms with van der Waals surface area (Å²) in [5.74, 6) is -2.74. The second kappa shape index (κ2) is 12.5. The molecule has 0 aliphatic rings. The van der Waals surface area contributed by atoms with Crippen molar-refractivity contribution in [3.05, 3.63) is 71.8 Å². The first-order chi connectivity index (χ1) is 16.1. The average Bonchev–Trinajstić information content (AvgIpc) is 2.77. The monoisotopic (exact) mass is 467 g/mol. The van der Waals surface area contributed by atoms with E-state index in [0.29, 0.717) is 0 Å². The Hall–Kier alpha value is -3.68. The Kier molecular flexibility index (Phi) is 9.79. The van der Waals surface area contributed by atoms with Crippen LogP contribution in [0.25, 0.3) is 0 Å². The summed E-state index contributed by atoms with van der Waals surface area (Å²) < 4.78 is 5.25. The van der Waals surface area contributed by atoms with Gasteiger partial charge in [0, 0.05) is 6.42 Å². The predicted octanol–water partition coefficient (Wildman–Crippen LogP) is 3.05. The van der Waals surface area contributed by atoms with Gasteiger partial charge >= 0.3 is 12.1 Å². The molecule has 0 bridgehead atoms.